The van der Waals surface area contributed by atoms with E-state index in [0.29, 0.717) is 13.1 Å². The lowest BCUT2D eigenvalue weighted by atomic mass is 9.92. The molecule has 0 bridgehead atoms. The summed E-state index contributed by atoms with van der Waals surface area (Å²) in [5.74, 6) is 0.177. The van der Waals surface area contributed by atoms with E-state index in [1.165, 1.54) is 10.4 Å². The summed E-state index contributed by atoms with van der Waals surface area (Å²) in [5, 5.41) is 2.11. The molecule has 0 aliphatic carbocycles. The minimum atomic E-state index is -0.684. The van der Waals surface area contributed by atoms with Crippen molar-refractivity contribution in [2.45, 2.75) is 46.1 Å². The second-order valence-electron chi connectivity index (χ2n) is 8.55. The van der Waals surface area contributed by atoms with Crippen molar-refractivity contribution in [2.24, 2.45) is 5.41 Å². The number of thiophene rings is 1. The molecule has 4 nitrogen and oxygen atoms in total. The molecule has 2 heterocycles. The van der Waals surface area contributed by atoms with Gasteiger partial charge in [0.2, 0.25) is 11.8 Å². The van der Waals surface area contributed by atoms with E-state index in [1.54, 1.807) is 16.2 Å². The number of benzene rings is 1. The third kappa shape index (κ3) is 4.89. The second-order valence-corrected chi connectivity index (χ2v) is 9.82. The molecule has 6 heteroatoms. The normalized spacial score (nSPS) is 16.3. The average molecular weight is 447 g/mol. The van der Waals surface area contributed by atoms with Crippen LogP contribution in [0.25, 0.3) is 0 Å². The Kier molecular flexibility index (Phi) is 7.59. The first-order chi connectivity index (χ1) is 14.4. The molecule has 0 saturated carbocycles. The molecule has 0 saturated heterocycles. The lowest BCUT2D eigenvalue weighted by Crippen LogP contribution is -2.50. The molecule has 1 atom stereocenters. The van der Waals surface area contributed by atoms with Gasteiger partial charge in [-0.15, -0.1) is 22.9 Å². The number of carbonyl (C=O) groups excluding carboxylic acids is 2. The minimum Gasteiger partial charge on any atom is -0.333 e. The fourth-order valence-electron chi connectivity index (χ4n) is 3.92. The van der Waals surface area contributed by atoms with Gasteiger partial charge in [-0.2, -0.15) is 0 Å². The van der Waals surface area contributed by atoms with Crippen molar-refractivity contribution >= 4 is 34.8 Å². The average Bonchev–Trinajstić information content (AvgIpc) is 3.24. The first-order valence-corrected chi connectivity index (χ1v) is 12.1. The van der Waals surface area contributed by atoms with E-state index in [4.69, 9.17) is 11.6 Å². The standard InChI is InChI=1S/C24H31ClN2O2S/c1-4-5-13-26(23(29)24(2,3)17-25)16-21(28)27-14-11-20-19(12-15-30-20)22(27)18-9-7-6-8-10-18/h6-10,12,15,22H,4-5,11,13-14,16-17H2,1-3H3. The number of rotatable bonds is 8. The Morgan fingerprint density at radius 3 is 2.63 bits per heavy atom. The van der Waals surface area contributed by atoms with Crippen LogP contribution in [0.2, 0.25) is 0 Å². The Morgan fingerprint density at radius 1 is 1.23 bits per heavy atom. The molecule has 3 rings (SSSR count). The van der Waals surface area contributed by atoms with Gasteiger partial charge in [-0.3, -0.25) is 9.59 Å². The van der Waals surface area contributed by atoms with Gasteiger partial charge in [0.1, 0.15) is 0 Å². The highest BCUT2D eigenvalue weighted by Gasteiger charge is 2.36. The molecular formula is C24H31ClN2O2S. The number of unbranched alkanes of at least 4 members (excludes halogenated alkanes) is 1. The fraction of sp³-hybridized carbons (Fsp3) is 0.500. The van der Waals surface area contributed by atoms with Crippen molar-refractivity contribution in [1.82, 2.24) is 9.80 Å². The summed E-state index contributed by atoms with van der Waals surface area (Å²) in [6.07, 6.45) is 2.69. The number of alkyl halides is 1. The zero-order valence-corrected chi connectivity index (χ0v) is 19.6. The van der Waals surface area contributed by atoms with Crippen LogP contribution in [0.4, 0.5) is 0 Å². The number of hydrogen-bond donors (Lipinski definition) is 0. The first-order valence-electron chi connectivity index (χ1n) is 10.6. The molecule has 2 aromatic rings. The Hall–Kier alpha value is -1.85. The first kappa shape index (κ1) is 22.8. The third-order valence-electron chi connectivity index (χ3n) is 5.71. The van der Waals surface area contributed by atoms with Gasteiger partial charge in [0.15, 0.2) is 0 Å². The molecule has 0 N–H and O–H groups in total. The van der Waals surface area contributed by atoms with Crippen LogP contribution in [-0.4, -0.2) is 47.1 Å². The highest BCUT2D eigenvalue weighted by Crippen LogP contribution is 2.37. The number of carbonyl (C=O) groups is 2. The number of fused-ring (bicyclic) bond motifs is 1. The van der Waals surface area contributed by atoms with Gasteiger partial charge >= 0.3 is 0 Å². The van der Waals surface area contributed by atoms with Gasteiger partial charge in [0.25, 0.3) is 0 Å². The largest absolute Gasteiger partial charge is 0.333 e. The van der Waals surface area contributed by atoms with Crippen LogP contribution >= 0.6 is 22.9 Å². The van der Waals surface area contributed by atoms with E-state index in [0.717, 1.165) is 24.8 Å². The summed E-state index contributed by atoms with van der Waals surface area (Å²) in [4.78, 5) is 31.6. The monoisotopic (exact) mass is 446 g/mol. The van der Waals surface area contributed by atoms with Crippen molar-refractivity contribution in [3.63, 3.8) is 0 Å². The Labute approximate surface area is 188 Å². The van der Waals surface area contributed by atoms with Crippen molar-refractivity contribution in [3.05, 3.63) is 57.8 Å². The Balaban J connectivity index is 1.86. The molecule has 0 fully saturated rings. The molecule has 1 aromatic carbocycles. The summed E-state index contributed by atoms with van der Waals surface area (Å²) in [6.45, 7) is 7.12. The van der Waals surface area contributed by atoms with Crippen LogP contribution in [0.5, 0.6) is 0 Å². The van der Waals surface area contributed by atoms with E-state index >= 15 is 0 Å². The number of nitrogens with zero attached hydrogens (tertiary/aromatic N) is 2. The molecule has 162 valence electrons. The molecule has 2 amide bonds. The van der Waals surface area contributed by atoms with Crippen LogP contribution < -0.4 is 0 Å². The van der Waals surface area contributed by atoms with E-state index in [-0.39, 0.29) is 30.3 Å². The number of amides is 2. The van der Waals surface area contributed by atoms with E-state index in [1.807, 2.05) is 36.9 Å². The maximum Gasteiger partial charge on any atom is 0.242 e. The van der Waals surface area contributed by atoms with Crippen molar-refractivity contribution in [1.29, 1.82) is 0 Å². The second kappa shape index (κ2) is 9.97. The quantitative estimate of drug-likeness (QED) is 0.528. The molecule has 0 spiro atoms. The zero-order chi connectivity index (χ0) is 21.7. The minimum absolute atomic E-state index is 0.00414. The molecule has 1 aliphatic heterocycles. The molecule has 1 aliphatic rings. The zero-order valence-electron chi connectivity index (χ0n) is 18.1. The maximum atomic E-state index is 13.5. The van der Waals surface area contributed by atoms with E-state index in [2.05, 4.69) is 30.5 Å². The van der Waals surface area contributed by atoms with Crippen LogP contribution in [-0.2, 0) is 16.0 Å². The maximum absolute atomic E-state index is 13.5. The van der Waals surface area contributed by atoms with E-state index < -0.39 is 5.41 Å². The fourth-order valence-corrected chi connectivity index (χ4v) is 4.94. The molecule has 1 unspecified atom stereocenters. The van der Waals surface area contributed by atoms with Gasteiger partial charge in [-0.1, -0.05) is 43.7 Å². The third-order valence-corrected chi connectivity index (χ3v) is 7.37. The van der Waals surface area contributed by atoms with Gasteiger partial charge < -0.3 is 9.80 Å². The van der Waals surface area contributed by atoms with Gasteiger partial charge in [-0.25, -0.2) is 0 Å². The molecule has 0 radical (unpaired) electrons. The Morgan fingerprint density at radius 2 is 1.97 bits per heavy atom. The number of hydrogen-bond acceptors (Lipinski definition) is 3. The highest BCUT2D eigenvalue weighted by molar-refractivity contribution is 7.10. The van der Waals surface area contributed by atoms with Gasteiger partial charge in [0, 0.05) is 23.8 Å². The van der Waals surface area contributed by atoms with Crippen LogP contribution in [0.3, 0.4) is 0 Å². The van der Waals surface area contributed by atoms with Crippen molar-refractivity contribution in [3.8, 4) is 0 Å². The van der Waals surface area contributed by atoms with Gasteiger partial charge in [0.05, 0.1) is 18.0 Å². The SMILES string of the molecule is CCCCN(CC(=O)N1CCc2sccc2C1c1ccccc1)C(=O)C(C)(C)CCl. The van der Waals surface area contributed by atoms with E-state index in [9.17, 15) is 9.59 Å². The summed E-state index contributed by atoms with van der Waals surface area (Å²) >= 11 is 7.81. The van der Waals surface area contributed by atoms with Crippen LogP contribution in [0.15, 0.2) is 41.8 Å². The topological polar surface area (TPSA) is 40.6 Å². The summed E-state index contributed by atoms with van der Waals surface area (Å²) in [7, 11) is 0. The molecular weight excluding hydrogens is 416 g/mol. The summed E-state index contributed by atoms with van der Waals surface area (Å²) in [6, 6.07) is 12.2. The van der Waals surface area contributed by atoms with Crippen LogP contribution in [0.1, 0.15) is 55.7 Å². The van der Waals surface area contributed by atoms with Crippen molar-refractivity contribution < 1.29 is 9.59 Å². The smallest absolute Gasteiger partial charge is 0.242 e. The highest BCUT2D eigenvalue weighted by atomic mass is 35.5. The molecule has 1 aromatic heterocycles. The number of halogens is 1. The summed E-state index contributed by atoms with van der Waals surface area (Å²) in [5.41, 5.74) is 1.63. The molecule has 30 heavy (non-hydrogen) atoms. The lowest BCUT2D eigenvalue weighted by Gasteiger charge is -2.38. The van der Waals surface area contributed by atoms with Crippen molar-refractivity contribution in [2.75, 3.05) is 25.5 Å². The lowest BCUT2D eigenvalue weighted by molar-refractivity contribution is -0.146. The van der Waals surface area contributed by atoms with Gasteiger partial charge in [-0.05, 0) is 49.3 Å². The summed E-state index contributed by atoms with van der Waals surface area (Å²) < 4.78 is 0. The van der Waals surface area contributed by atoms with Crippen LogP contribution in [0, 0.1) is 5.41 Å². The Bertz CT molecular complexity index is 865. The predicted octanol–water partition coefficient (Wildman–Crippen LogP) is 5.12. The predicted molar refractivity (Wildman–Crippen MR) is 124 cm³/mol.